The Labute approximate surface area is 117 Å². The molecule has 1 aromatic rings. The molecular formula is C14H18FN3O2. The quantitative estimate of drug-likeness (QED) is 0.831. The summed E-state index contributed by atoms with van der Waals surface area (Å²) < 4.78 is 13.2. The molecule has 2 amide bonds. The minimum Gasteiger partial charge on any atom is -0.353 e. The van der Waals surface area contributed by atoms with Gasteiger partial charge in [-0.25, -0.2) is 4.39 Å². The van der Waals surface area contributed by atoms with E-state index in [1.165, 1.54) is 12.1 Å². The zero-order valence-corrected chi connectivity index (χ0v) is 11.4. The fourth-order valence-electron chi connectivity index (χ4n) is 2.16. The Balaban J connectivity index is 2.00. The summed E-state index contributed by atoms with van der Waals surface area (Å²) in [6, 6.07) is 5.80. The topological polar surface area (TPSA) is 61.4 Å². The number of benzene rings is 1. The molecule has 1 unspecified atom stereocenters. The average Bonchev–Trinajstić information content (AvgIpc) is 2.45. The van der Waals surface area contributed by atoms with E-state index in [1.807, 2.05) is 6.92 Å². The van der Waals surface area contributed by atoms with Gasteiger partial charge in [-0.2, -0.15) is 0 Å². The van der Waals surface area contributed by atoms with E-state index < -0.39 is 6.04 Å². The number of carbonyl (C=O) groups is 2. The Morgan fingerprint density at radius 1 is 1.50 bits per heavy atom. The summed E-state index contributed by atoms with van der Waals surface area (Å²) in [5, 5.41) is 5.56. The van der Waals surface area contributed by atoms with Crippen molar-refractivity contribution in [2.24, 2.45) is 0 Å². The van der Waals surface area contributed by atoms with Crippen LogP contribution in [0.15, 0.2) is 24.3 Å². The Morgan fingerprint density at radius 3 is 2.90 bits per heavy atom. The second-order valence-electron chi connectivity index (χ2n) is 4.72. The predicted octanol–water partition coefficient (Wildman–Crippen LogP) is 0.262. The van der Waals surface area contributed by atoms with Gasteiger partial charge in [-0.3, -0.25) is 14.9 Å². The van der Waals surface area contributed by atoms with Gasteiger partial charge >= 0.3 is 0 Å². The minimum atomic E-state index is -0.416. The maximum absolute atomic E-state index is 13.2. The molecule has 108 valence electrons. The lowest BCUT2D eigenvalue weighted by Crippen LogP contribution is -2.58. The molecule has 0 spiro atoms. The highest BCUT2D eigenvalue weighted by atomic mass is 19.1. The van der Waals surface area contributed by atoms with Crippen LogP contribution in [0, 0.1) is 5.82 Å². The summed E-state index contributed by atoms with van der Waals surface area (Å²) in [4.78, 5) is 25.0. The first-order chi connectivity index (χ1) is 9.60. The first-order valence-electron chi connectivity index (χ1n) is 6.63. The van der Waals surface area contributed by atoms with E-state index in [9.17, 15) is 14.0 Å². The summed E-state index contributed by atoms with van der Waals surface area (Å²) in [5.41, 5.74) is 0.750. The van der Waals surface area contributed by atoms with Crippen LogP contribution in [-0.2, 0) is 16.1 Å². The fourth-order valence-corrected chi connectivity index (χ4v) is 2.16. The number of likely N-dealkylation sites (N-methyl/N-ethyl adjacent to an activating group) is 1. The molecule has 1 heterocycles. The summed E-state index contributed by atoms with van der Waals surface area (Å²) in [6.45, 7) is 3.20. The summed E-state index contributed by atoms with van der Waals surface area (Å²) in [6.07, 6.45) is 0. The van der Waals surface area contributed by atoms with Gasteiger partial charge in [0.15, 0.2) is 0 Å². The number of amides is 2. The normalized spacial score (nSPS) is 18.5. The van der Waals surface area contributed by atoms with Crippen LogP contribution in [-0.4, -0.2) is 42.4 Å². The third-order valence-corrected chi connectivity index (χ3v) is 3.27. The number of nitrogens with zero attached hydrogens (tertiary/aromatic N) is 1. The molecular weight excluding hydrogens is 261 g/mol. The zero-order chi connectivity index (χ0) is 14.5. The van der Waals surface area contributed by atoms with E-state index in [0.717, 1.165) is 5.56 Å². The van der Waals surface area contributed by atoms with Crippen LogP contribution in [0.2, 0.25) is 0 Å². The monoisotopic (exact) mass is 279 g/mol. The van der Waals surface area contributed by atoms with Crippen molar-refractivity contribution in [2.75, 3.05) is 19.6 Å². The van der Waals surface area contributed by atoms with E-state index >= 15 is 0 Å². The van der Waals surface area contributed by atoms with Crippen molar-refractivity contribution in [3.63, 3.8) is 0 Å². The van der Waals surface area contributed by atoms with E-state index in [1.54, 1.807) is 17.0 Å². The molecule has 2 N–H and O–H groups in total. The molecule has 2 rings (SSSR count). The molecule has 0 aliphatic carbocycles. The number of halogens is 1. The lowest BCUT2D eigenvalue weighted by molar-refractivity contribution is -0.135. The fraction of sp³-hybridized carbons (Fsp3) is 0.429. The maximum Gasteiger partial charge on any atom is 0.241 e. The highest BCUT2D eigenvalue weighted by molar-refractivity contribution is 5.86. The number of carbonyl (C=O) groups excluding carboxylic acids is 2. The first-order valence-corrected chi connectivity index (χ1v) is 6.63. The van der Waals surface area contributed by atoms with Crippen molar-refractivity contribution < 1.29 is 14.0 Å². The Hall–Kier alpha value is -1.95. The Bertz CT molecular complexity index is 497. The highest BCUT2D eigenvalue weighted by Gasteiger charge is 2.27. The SMILES string of the molecule is CCN(Cc1cccc(F)c1)C(=O)C1CNC(=O)CN1. The van der Waals surface area contributed by atoms with Gasteiger partial charge in [-0.05, 0) is 24.6 Å². The van der Waals surface area contributed by atoms with Crippen molar-refractivity contribution in [3.8, 4) is 0 Å². The molecule has 1 aliphatic heterocycles. The highest BCUT2D eigenvalue weighted by Crippen LogP contribution is 2.09. The van der Waals surface area contributed by atoms with Gasteiger partial charge in [0, 0.05) is 19.6 Å². The van der Waals surface area contributed by atoms with E-state index in [2.05, 4.69) is 10.6 Å². The summed E-state index contributed by atoms with van der Waals surface area (Å²) >= 11 is 0. The largest absolute Gasteiger partial charge is 0.353 e. The molecule has 0 radical (unpaired) electrons. The van der Waals surface area contributed by atoms with Gasteiger partial charge in [0.1, 0.15) is 11.9 Å². The van der Waals surface area contributed by atoms with Gasteiger partial charge < -0.3 is 10.2 Å². The summed E-state index contributed by atoms with van der Waals surface area (Å²) in [5.74, 6) is -0.506. The van der Waals surface area contributed by atoms with Gasteiger partial charge in [-0.1, -0.05) is 12.1 Å². The number of rotatable bonds is 4. The standard InChI is InChI=1S/C14H18FN3O2/c1-2-18(9-10-4-3-5-11(15)6-10)14(20)12-7-17-13(19)8-16-12/h3-6,12,16H,2,7-9H2,1H3,(H,17,19). The average molecular weight is 279 g/mol. The van der Waals surface area contributed by atoms with E-state index in [-0.39, 0.29) is 30.7 Å². The van der Waals surface area contributed by atoms with Crippen LogP contribution < -0.4 is 10.6 Å². The molecule has 1 aliphatic rings. The molecule has 1 atom stereocenters. The van der Waals surface area contributed by atoms with Crippen LogP contribution >= 0.6 is 0 Å². The lowest BCUT2D eigenvalue weighted by Gasteiger charge is -2.29. The second kappa shape index (κ2) is 6.47. The molecule has 0 bridgehead atoms. The Kier molecular flexibility index (Phi) is 4.68. The van der Waals surface area contributed by atoms with Crippen LogP contribution in [0.1, 0.15) is 12.5 Å². The van der Waals surface area contributed by atoms with Crippen LogP contribution in [0.4, 0.5) is 4.39 Å². The van der Waals surface area contributed by atoms with Crippen molar-refractivity contribution in [3.05, 3.63) is 35.6 Å². The van der Waals surface area contributed by atoms with Crippen molar-refractivity contribution >= 4 is 11.8 Å². The molecule has 0 saturated carbocycles. The van der Waals surface area contributed by atoms with Crippen LogP contribution in [0.25, 0.3) is 0 Å². The van der Waals surface area contributed by atoms with Gasteiger partial charge in [-0.15, -0.1) is 0 Å². The van der Waals surface area contributed by atoms with Crippen LogP contribution in [0.3, 0.4) is 0 Å². The van der Waals surface area contributed by atoms with Gasteiger partial charge in [0.2, 0.25) is 11.8 Å². The third-order valence-electron chi connectivity index (χ3n) is 3.27. The van der Waals surface area contributed by atoms with E-state index in [0.29, 0.717) is 13.1 Å². The predicted molar refractivity (Wildman–Crippen MR) is 72.3 cm³/mol. The molecule has 1 fully saturated rings. The number of hydrogen-bond acceptors (Lipinski definition) is 3. The molecule has 5 nitrogen and oxygen atoms in total. The first kappa shape index (κ1) is 14.5. The minimum absolute atomic E-state index is 0.0863. The zero-order valence-electron chi connectivity index (χ0n) is 11.4. The molecule has 6 heteroatoms. The molecule has 20 heavy (non-hydrogen) atoms. The second-order valence-corrected chi connectivity index (χ2v) is 4.72. The smallest absolute Gasteiger partial charge is 0.241 e. The van der Waals surface area contributed by atoms with Crippen molar-refractivity contribution in [1.82, 2.24) is 15.5 Å². The number of piperazine rings is 1. The number of nitrogens with one attached hydrogen (secondary N) is 2. The number of hydrogen-bond donors (Lipinski definition) is 2. The molecule has 1 aromatic carbocycles. The Morgan fingerprint density at radius 2 is 2.30 bits per heavy atom. The van der Waals surface area contributed by atoms with Gasteiger partial charge in [0.05, 0.1) is 6.54 Å². The third kappa shape index (κ3) is 3.54. The maximum atomic E-state index is 13.2. The van der Waals surface area contributed by atoms with Crippen molar-refractivity contribution in [2.45, 2.75) is 19.5 Å². The van der Waals surface area contributed by atoms with Crippen LogP contribution in [0.5, 0.6) is 0 Å². The van der Waals surface area contributed by atoms with E-state index in [4.69, 9.17) is 0 Å². The summed E-state index contributed by atoms with van der Waals surface area (Å²) in [7, 11) is 0. The lowest BCUT2D eigenvalue weighted by atomic mass is 10.1. The van der Waals surface area contributed by atoms with Gasteiger partial charge in [0.25, 0.3) is 0 Å². The molecule has 1 saturated heterocycles. The molecule has 0 aromatic heterocycles. The van der Waals surface area contributed by atoms with Crippen molar-refractivity contribution in [1.29, 1.82) is 0 Å².